The van der Waals surface area contributed by atoms with Gasteiger partial charge in [-0.3, -0.25) is 4.72 Å². The van der Waals surface area contributed by atoms with E-state index in [1.165, 1.54) is 26.4 Å². The molecule has 1 heterocycles. The van der Waals surface area contributed by atoms with Crippen LogP contribution in [0.15, 0.2) is 47.4 Å². The zero-order chi connectivity index (χ0) is 20.5. The molecule has 0 saturated heterocycles. The van der Waals surface area contributed by atoms with E-state index in [4.69, 9.17) is 21.1 Å². The second kappa shape index (κ2) is 7.73. The van der Waals surface area contributed by atoms with Gasteiger partial charge in [0.25, 0.3) is 10.0 Å². The molecular formula is C19H20ClN3O4S. The van der Waals surface area contributed by atoms with E-state index in [0.717, 1.165) is 5.69 Å². The topological polar surface area (TPSA) is 82.5 Å². The average Bonchev–Trinajstić information content (AvgIpc) is 2.98. The Morgan fingerprint density at radius 1 is 1.04 bits per heavy atom. The summed E-state index contributed by atoms with van der Waals surface area (Å²) in [5.41, 5.74) is 1.87. The van der Waals surface area contributed by atoms with E-state index in [2.05, 4.69) is 9.82 Å². The lowest BCUT2D eigenvalue weighted by Crippen LogP contribution is -2.15. The van der Waals surface area contributed by atoms with Crippen LogP contribution in [0.3, 0.4) is 0 Å². The summed E-state index contributed by atoms with van der Waals surface area (Å²) in [6.45, 7) is 3.36. The maximum atomic E-state index is 13.1. The number of hydrogen-bond donors (Lipinski definition) is 1. The van der Waals surface area contributed by atoms with E-state index in [1.807, 2.05) is 30.3 Å². The van der Waals surface area contributed by atoms with Crippen molar-refractivity contribution < 1.29 is 17.9 Å². The van der Waals surface area contributed by atoms with Crippen molar-refractivity contribution in [1.29, 1.82) is 0 Å². The van der Waals surface area contributed by atoms with Crippen molar-refractivity contribution in [2.45, 2.75) is 18.7 Å². The van der Waals surface area contributed by atoms with Gasteiger partial charge in [-0.15, -0.1) is 0 Å². The van der Waals surface area contributed by atoms with E-state index in [0.29, 0.717) is 22.2 Å². The van der Waals surface area contributed by atoms with Gasteiger partial charge in [-0.05, 0) is 26.0 Å². The molecular weight excluding hydrogens is 402 g/mol. The van der Waals surface area contributed by atoms with Crippen LogP contribution >= 0.6 is 11.6 Å². The third-order valence-electron chi connectivity index (χ3n) is 4.21. The highest BCUT2D eigenvalue weighted by Crippen LogP contribution is 2.37. The number of halogens is 1. The van der Waals surface area contributed by atoms with Crippen molar-refractivity contribution >= 4 is 27.3 Å². The van der Waals surface area contributed by atoms with Gasteiger partial charge in [0.1, 0.15) is 16.4 Å². The molecule has 2 aromatic carbocycles. The van der Waals surface area contributed by atoms with E-state index in [-0.39, 0.29) is 16.3 Å². The van der Waals surface area contributed by atoms with Gasteiger partial charge in [0.2, 0.25) is 0 Å². The van der Waals surface area contributed by atoms with Crippen molar-refractivity contribution in [1.82, 2.24) is 9.78 Å². The number of para-hydroxylation sites is 1. The lowest BCUT2D eigenvalue weighted by atomic mass is 10.3. The molecule has 3 aromatic rings. The normalized spacial score (nSPS) is 11.3. The smallest absolute Gasteiger partial charge is 0.265 e. The van der Waals surface area contributed by atoms with Crippen LogP contribution in [0.25, 0.3) is 5.69 Å². The highest BCUT2D eigenvalue weighted by molar-refractivity contribution is 7.92. The molecule has 0 unspecified atom stereocenters. The zero-order valence-corrected chi connectivity index (χ0v) is 17.4. The third kappa shape index (κ3) is 3.65. The summed E-state index contributed by atoms with van der Waals surface area (Å²) in [6.07, 6.45) is 0. The molecule has 0 saturated carbocycles. The summed E-state index contributed by atoms with van der Waals surface area (Å²) in [7, 11) is -1.07. The van der Waals surface area contributed by atoms with E-state index in [1.54, 1.807) is 18.5 Å². The first kappa shape index (κ1) is 20.0. The number of anilines is 1. The van der Waals surface area contributed by atoms with E-state index >= 15 is 0 Å². The van der Waals surface area contributed by atoms with Crippen molar-refractivity contribution in [2.24, 2.45) is 0 Å². The molecule has 28 heavy (non-hydrogen) atoms. The first-order valence-corrected chi connectivity index (χ1v) is 10.2. The Morgan fingerprint density at radius 2 is 1.68 bits per heavy atom. The molecule has 0 aliphatic rings. The molecule has 0 spiro atoms. The summed E-state index contributed by atoms with van der Waals surface area (Å²) in [5, 5.41) is 4.71. The highest BCUT2D eigenvalue weighted by Gasteiger charge is 2.26. The van der Waals surface area contributed by atoms with Crippen LogP contribution in [0.5, 0.6) is 11.5 Å². The molecule has 1 N–H and O–H groups in total. The molecule has 9 heteroatoms. The Labute approximate surface area is 168 Å². The van der Waals surface area contributed by atoms with E-state index < -0.39 is 10.0 Å². The number of hydrogen-bond acceptors (Lipinski definition) is 5. The maximum Gasteiger partial charge on any atom is 0.265 e. The average molecular weight is 422 g/mol. The number of nitrogens with zero attached hydrogens (tertiary/aromatic N) is 2. The van der Waals surface area contributed by atoms with Gasteiger partial charge in [0.15, 0.2) is 0 Å². The van der Waals surface area contributed by atoms with Crippen LogP contribution in [0.4, 0.5) is 5.69 Å². The molecule has 0 atom stereocenters. The number of sulfonamides is 1. The Bertz CT molecular complexity index is 1110. The van der Waals surface area contributed by atoms with Crippen molar-refractivity contribution in [3.05, 3.63) is 58.9 Å². The largest absolute Gasteiger partial charge is 0.495 e. The summed E-state index contributed by atoms with van der Waals surface area (Å²) >= 11 is 6.09. The molecule has 3 rings (SSSR count). The Kier molecular flexibility index (Phi) is 5.53. The highest BCUT2D eigenvalue weighted by atomic mass is 35.5. The molecule has 0 fully saturated rings. The van der Waals surface area contributed by atoms with Gasteiger partial charge in [-0.1, -0.05) is 29.8 Å². The fourth-order valence-corrected chi connectivity index (χ4v) is 4.66. The molecule has 7 nitrogen and oxygen atoms in total. The fraction of sp³-hybridized carbons (Fsp3) is 0.211. The number of methoxy groups -OCH3 is 2. The monoisotopic (exact) mass is 421 g/mol. The number of aryl methyl sites for hydroxylation is 1. The Morgan fingerprint density at radius 3 is 2.29 bits per heavy atom. The first-order chi connectivity index (χ1) is 13.3. The quantitative estimate of drug-likeness (QED) is 0.651. The van der Waals surface area contributed by atoms with Crippen LogP contribution in [0.1, 0.15) is 11.4 Å². The molecule has 0 radical (unpaired) electrons. The summed E-state index contributed by atoms with van der Waals surface area (Å²) < 4.78 is 40.9. The maximum absolute atomic E-state index is 13.1. The molecule has 148 valence electrons. The van der Waals surface area contributed by atoms with Crippen molar-refractivity contribution in [3.63, 3.8) is 0 Å². The van der Waals surface area contributed by atoms with Gasteiger partial charge in [-0.25, -0.2) is 13.1 Å². The van der Waals surface area contributed by atoms with Crippen molar-refractivity contribution in [3.8, 4) is 17.2 Å². The SMILES string of the molecule is COc1cc(NS(=O)(=O)c2c(C)nn(-c3ccccc3)c2C)c(OC)cc1Cl. The standard InChI is InChI=1S/C19H20ClN3O4S/c1-12-19(13(2)23(21-12)14-8-6-5-7-9-14)28(24,25)22-16-11-17(26-3)15(20)10-18(16)27-4/h5-11,22H,1-4H3. The minimum Gasteiger partial charge on any atom is -0.495 e. The molecule has 0 bridgehead atoms. The number of ether oxygens (including phenoxy) is 2. The van der Waals surface area contributed by atoms with Crippen LogP contribution < -0.4 is 14.2 Å². The second-order valence-electron chi connectivity index (χ2n) is 6.04. The van der Waals surface area contributed by atoms with Crippen LogP contribution in [0, 0.1) is 13.8 Å². The van der Waals surface area contributed by atoms with Gasteiger partial charge in [0, 0.05) is 12.1 Å². The summed E-state index contributed by atoms with van der Waals surface area (Å²) in [4.78, 5) is 0.104. The van der Waals surface area contributed by atoms with Gasteiger partial charge < -0.3 is 9.47 Å². The zero-order valence-electron chi connectivity index (χ0n) is 15.9. The minimum absolute atomic E-state index is 0.104. The third-order valence-corrected chi connectivity index (χ3v) is 6.12. The van der Waals surface area contributed by atoms with Crippen LogP contribution in [-0.4, -0.2) is 32.4 Å². The van der Waals surface area contributed by atoms with Gasteiger partial charge in [0.05, 0.1) is 42.0 Å². The number of nitrogens with one attached hydrogen (secondary N) is 1. The summed E-state index contributed by atoms with van der Waals surface area (Å²) in [5.74, 6) is 0.605. The number of benzene rings is 2. The fourth-order valence-electron chi connectivity index (χ4n) is 2.97. The molecule has 0 aliphatic carbocycles. The second-order valence-corrected chi connectivity index (χ2v) is 8.07. The minimum atomic E-state index is -3.94. The van der Waals surface area contributed by atoms with Gasteiger partial charge in [-0.2, -0.15) is 5.10 Å². The van der Waals surface area contributed by atoms with Crippen molar-refractivity contribution in [2.75, 3.05) is 18.9 Å². The number of aromatic nitrogens is 2. The predicted molar refractivity (Wildman–Crippen MR) is 108 cm³/mol. The lowest BCUT2D eigenvalue weighted by Gasteiger charge is -2.14. The summed E-state index contributed by atoms with van der Waals surface area (Å²) in [6, 6.07) is 12.3. The predicted octanol–water partition coefficient (Wildman–Crippen LogP) is 3.96. The Balaban J connectivity index is 2.07. The molecule has 0 aliphatic heterocycles. The van der Waals surface area contributed by atoms with Gasteiger partial charge >= 0.3 is 0 Å². The van der Waals surface area contributed by atoms with E-state index in [9.17, 15) is 8.42 Å². The number of rotatable bonds is 6. The van der Waals surface area contributed by atoms with Crippen LogP contribution in [0.2, 0.25) is 5.02 Å². The first-order valence-electron chi connectivity index (χ1n) is 8.34. The Hall–Kier alpha value is -2.71. The van der Waals surface area contributed by atoms with Crippen LogP contribution in [-0.2, 0) is 10.0 Å². The lowest BCUT2D eigenvalue weighted by molar-refractivity contribution is 0.405. The molecule has 0 amide bonds. The molecule has 1 aromatic heterocycles.